The SMILES string of the molecule is COc1c(C)cc(CN(C)CC(=O)Nc2cc(Cl)ccc2Cl)cc1C. The largest absolute Gasteiger partial charge is 0.496 e. The Hall–Kier alpha value is -1.75. The molecule has 6 heteroatoms. The van der Waals surface area contributed by atoms with Gasteiger partial charge in [-0.1, -0.05) is 35.3 Å². The fourth-order valence-electron chi connectivity index (χ4n) is 2.85. The van der Waals surface area contributed by atoms with Gasteiger partial charge in [0.05, 0.1) is 24.4 Å². The molecule has 0 aromatic heterocycles. The summed E-state index contributed by atoms with van der Waals surface area (Å²) in [5.74, 6) is 0.758. The Labute approximate surface area is 158 Å². The average molecular weight is 381 g/mol. The fourth-order valence-corrected chi connectivity index (χ4v) is 3.19. The number of carbonyl (C=O) groups excluding carboxylic acids is 1. The van der Waals surface area contributed by atoms with E-state index >= 15 is 0 Å². The Kier molecular flexibility index (Phi) is 6.71. The highest BCUT2D eigenvalue weighted by atomic mass is 35.5. The quantitative estimate of drug-likeness (QED) is 0.789. The number of nitrogens with zero attached hydrogens (tertiary/aromatic N) is 1. The van der Waals surface area contributed by atoms with Crippen LogP contribution in [0.4, 0.5) is 5.69 Å². The molecule has 2 aromatic carbocycles. The van der Waals surface area contributed by atoms with Crippen LogP contribution in [0.1, 0.15) is 16.7 Å². The van der Waals surface area contributed by atoms with E-state index in [1.807, 2.05) is 25.8 Å². The summed E-state index contributed by atoms with van der Waals surface area (Å²) in [4.78, 5) is 14.2. The third-order valence-electron chi connectivity index (χ3n) is 3.79. The van der Waals surface area contributed by atoms with Crippen LogP contribution < -0.4 is 10.1 Å². The zero-order valence-corrected chi connectivity index (χ0v) is 16.3. The van der Waals surface area contributed by atoms with Crippen molar-refractivity contribution in [2.75, 3.05) is 26.0 Å². The van der Waals surface area contributed by atoms with Gasteiger partial charge >= 0.3 is 0 Å². The van der Waals surface area contributed by atoms with Crippen LogP contribution in [0.5, 0.6) is 5.75 Å². The van der Waals surface area contributed by atoms with Crippen molar-refractivity contribution in [3.05, 3.63) is 57.1 Å². The molecule has 4 nitrogen and oxygen atoms in total. The van der Waals surface area contributed by atoms with Crippen molar-refractivity contribution in [3.63, 3.8) is 0 Å². The van der Waals surface area contributed by atoms with E-state index in [0.717, 1.165) is 22.4 Å². The molecule has 2 rings (SSSR count). The van der Waals surface area contributed by atoms with E-state index in [9.17, 15) is 4.79 Å². The van der Waals surface area contributed by atoms with E-state index in [1.165, 1.54) is 0 Å². The van der Waals surface area contributed by atoms with Crippen LogP contribution in [0.3, 0.4) is 0 Å². The van der Waals surface area contributed by atoms with Gasteiger partial charge in [0.2, 0.25) is 5.91 Å². The normalized spacial score (nSPS) is 10.8. The Morgan fingerprint density at radius 2 is 1.80 bits per heavy atom. The number of hydrogen-bond acceptors (Lipinski definition) is 3. The summed E-state index contributed by atoms with van der Waals surface area (Å²) in [5.41, 5.74) is 3.82. The number of aryl methyl sites for hydroxylation is 2. The Bertz CT molecular complexity index is 755. The monoisotopic (exact) mass is 380 g/mol. The molecule has 0 unspecified atom stereocenters. The smallest absolute Gasteiger partial charge is 0.238 e. The highest BCUT2D eigenvalue weighted by molar-refractivity contribution is 6.35. The minimum absolute atomic E-state index is 0.145. The number of ether oxygens (including phenoxy) is 1. The minimum Gasteiger partial charge on any atom is -0.496 e. The zero-order chi connectivity index (χ0) is 18.6. The van der Waals surface area contributed by atoms with Crippen LogP contribution in [0.2, 0.25) is 10.0 Å². The second kappa shape index (κ2) is 8.56. The molecule has 0 bridgehead atoms. The second-order valence-corrected chi connectivity index (χ2v) is 6.95. The highest BCUT2D eigenvalue weighted by Crippen LogP contribution is 2.26. The maximum absolute atomic E-state index is 12.2. The number of halogens is 2. The second-order valence-electron chi connectivity index (χ2n) is 6.11. The summed E-state index contributed by atoms with van der Waals surface area (Å²) >= 11 is 12.0. The van der Waals surface area contributed by atoms with E-state index in [1.54, 1.807) is 25.3 Å². The van der Waals surface area contributed by atoms with E-state index in [2.05, 4.69) is 17.4 Å². The van der Waals surface area contributed by atoms with Crippen molar-refractivity contribution in [1.29, 1.82) is 0 Å². The first kappa shape index (κ1) is 19.6. The van der Waals surface area contributed by atoms with E-state index < -0.39 is 0 Å². The lowest BCUT2D eigenvalue weighted by molar-refractivity contribution is -0.117. The number of hydrogen-bond donors (Lipinski definition) is 1. The fraction of sp³-hybridized carbons (Fsp3) is 0.316. The number of methoxy groups -OCH3 is 1. The number of carbonyl (C=O) groups is 1. The van der Waals surface area contributed by atoms with Crippen LogP contribution in [-0.2, 0) is 11.3 Å². The summed E-state index contributed by atoms with van der Waals surface area (Å²) < 4.78 is 5.39. The maximum Gasteiger partial charge on any atom is 0.238 e. The van der Waals surface area contributed by atoms with Gasteiger partial charge < -0.3 is 10.1 Å². The molecule has 1 N–H and O–H groups in total. The molecule has 0 aliphatic carbocycles. The first-order chi connectivity index (χ1) is 11.8. The lowest BCUT2D eigenvalue weighted by atomic mass is 10.1. The Balaban J connectivity index is 1.99. The molecule has 25 heavy (non-hydrogen) atoms. The van der Waals surface area contributed by atoms with Crippen molar-refractivity contribution >= 4 is 34.8 Å². The van der Waals surface area contributed by atoms with Crippen molar-refractivity contribution in [1.82, 2.24) is 4.90 Å². The van der Waals surface area contributed by atoms with Crippen LogP contribution >= 0.6 is 23.2 Å². The Morgan fingerprint density at radius 1 is 1.16 bits per heavy atom. The van der Waals surface area contributed by atoms with Crippen molar-refractivity contribution in [2.45, 2.75) is 20.4 Å². The molecule has 0 saturated carbocycles. The van der Waals surface area contributed by atoms with Crippen molar-refractivity contribution < 1.29 is 9.53 Å². The van der Waals surface area contributed by atoms with Gasteiger partial charge in [0.25, 0.3) is 0 Å². The van der Waals surface area contributed by atoms with Gasteiger partial charge in [-0.2, -0.15) is 0 Å². The lowest BCUT2D eigenvalue weighted by Gasteiger charge is -2.18. The van der Waals surface area contributed by atoms with Gasteiger partial charge in [-0.25, -0.2) is 0 Å². The first-order valence-electron chi connectivity index (χ1n) is 7.87. The third-order valence-corrected chi connectivity index (χ3v) is 4.36. The predicted molar refractivity (Wildman–Crippen MR) is 104 cm³/mol. The number of amides is 1. The molecule has 0 radical (unpaired) electrons. The van der Waals surface area contributed by atoms with E-state index in [4.69, 9.17) is 27.9 Å². The molecule has 0 fully saturated rings. The molecule has 2 aromatic rings. The van der Waals surface area contributed by atoms with Gasteiger partial charge in [-0.3, -0.25) is 9.69 Å². The number of rotatable bonds is 6. The maximum atomic E-state index is 12.2. The van der Waals surface area contributed by atoms with Gasteiger partial charge in [-0.05, 0) is 55.8 Å². The van der Waals surface area contributed by atoms with Crippen LogP contribution in [0.15, 0.2) is 30.3 Å². The van der Waals surface area contributed by atoms with Gasteiger partial charge in [0.1, 0.15) is 5.75 Å². The summed E-state index contributed by atoms with van der Waals surface area (Å²) in [5, 5.41) is 3.78. The van der Waals surface area contributed by atoms with Crippen LogP contribution in [-0.4, -0.2) is 31.5 Å². The molecule has 0 heterocycles. The van der Waals surface area contributed by atoms with Crippen molar-refractivity contribution in [3.8, 4) is 5.75 Å². The van der Waals surface area contributed by atoms with Gasteiger partial charge in [0, 0.05) is 11.6 Å². The number of nitrogens with one attached hydrogen (secondary N) is 1. The molecule has 0 aliphatic rings. The number of anilines is 1. The highest BCUT2D eigenvalue weighted by Gasteiger charge is 2.12. The van der Waals surface area contributed by atoms with Crippen LogP contribution in [0.25, 0.3) is 0 Å². The number of likely N-dealkylation sites (N-methyl/N-ethyl adjacent to an activating group) is 1. The Morgan fingerprint density at radius 3 is 2.40 bits per heavy atom. The summed E-state index contributed by atoms with van der Waals surface area (Å²) in [7, 11) is 3.57. The van der Waals surface area contributed by atoms with E-state index in [0.29, 0.717) is 22.3 Å². The summed E-state index contributed by atoms with van der Waals surface area (Å²) in [6.07, 6.45) is 0. The molecule has 134 valence electrons. The molecule has 0 atom stereocenters. The van der Waals surface area contributed by atoms with Crippen LogP contribution in [0, 0.1) is 13.8 Å². The summed E-state index contributed by atoms with van der Waals surface area (Å²) in [6.45, 7) is 4.93. The molecular formula is C19H22Cl2N2O2. The predicted octanol–water partition coefficient (Wildman–Crippen LogP) is 4.69. The summed E-state index contributed by atoms with van der Waals surface area (Å²) in [6, 6.07) is 9.13. The molecule has 0 spiro atoms. The average Bonchev–Trinajstić information content (AvgIpc) is 2.50. The number of benzene rings is 2. The standard InChI is InChI=1S/C19H22Cl2N2O2/c1-12-7-14(8-13(2)19(12)25-4)10-23(3)11-18(24)22-17-9-15(20)5-6-16(17)21/h5-9H,10-11H2,1-4H3,(H,22,24). The molecule has 0 saturated heterocycles. The minimum atomic E-state index is -0.145. The van der Waals surface area contributed by atoms with E-state index in [-0.39, 0.29) is 12.5 Å². The molecule has 1 amide bonds. The van der Waals surface area contributed by atoms with Crippen molar-refractivity contribution in [2.24, 2.45) is 0 Å². The topological polar surface area (TPSA) is 41.6 Å². The van der Waals surface area contributed by atoms with Gasteiger partial charge in [-0.15, -0.1) is 0 Å². The first-order valence-corrected chi connectivity index (χ1v) is 8.63. The zero-order valence-electron chi connectivity index (χ0n) is 14.8. The molecule has 0 aliphatic heterocycles. The lowest BCUT2D eigenvalue weighted by Crippen LogP contribution is -2.30. The van der Waals surface area contributed by atoms with Gasteiger partial charge in [0.15, 0.2) is 0 Å². The molecular weight excluding hydrogens is 359 g/mol. The third kappa shape index (κ3) is 5.36.